The fourth-order valence-electron chi connectivity index (χ4n) is 2.49. The van der Waals surface area contributed by atoms with Gasteiger partial charge >= 0.3 is 0 Å². The molecule has 1 aliphatic carbocycles. The third-order valence-corrected chi connectivity index (χ3v) is 7.38. The van der Waals surface area contributed by atoms with E-state index in [1.165, 1.54) is 15.6 Å². The Morgan fingerprint density at radius 3 is 2.62 bits per heavy atom. The van der Waals surface area contributed by atoms with Gasteiger partial charge in [-0.2, -0.15) is 0 Å². The van der Waals surface area contributed by atoms with Gasteiger partial charge in [0.1, 0.15) is 4.90 Å². The summed E-state index contributed by atoms with van der Waals surface area (Å²) >= 11 is 1.53. The second kappa shape index (κ2) is 6.36. The standard InChI is InChI=1S/C15H26N2O2S2/c1-10(2)16-7-14-15(12(4)9-20-14)21(18,19)17(5)8-13-6-11(13)3/h9-11,13,16H,6-8H2,1-5H3. The van der Waals surface area contributed by atoms with Crippen LogP contribution in [0.15, 0.2) is 10.3 Å². The number of hydrogen-bond acceptors (Lipinski definition) is 4. The second-order valence-corrected chi connectivity index (χ2v) is 9.41. The quantitative estimate of drug-likeness (QED) is 0.836. The summed E-state index contributed by atoms with van der Waals surface area (Å²) < 4.78 is 27.2. The van der Waals surface area contributed by atoms with Crippen molar-refractivity contribution in [2.45, 2.75) is 51.6 Å². The molecule has 2 atom stereocenters. The SMILES string of the molecule is Cc1csc(CNC(C)C)c1S(=O)(=O)N(C)CC1CC1C. The van der Waals surface area contributed by atoms with Gasteiger partial charge in [0.15, 0.2) is 0 Å². The molecule has 0 saturated heterocycles. The Balaban J connectivity index is 2.20. The first-order chi connectivity index (χ1) is 9.73. The fourth-order valence-corrected chi connectivity index (χ4v) is 5.42. The number of thiophene rings is 1. The van der Waals surface area contributed by atoms with Crippen LogP contribution in [-0.4, -0.2) is 32.4 Å². The van der Waals surface area contributed by atoms with Crippen LogP contribution in [0.4, 0.5) is 0 Å². The van der Waals surface area contributed by atoms with Crippen LogP contribution in [0.2, 0.25) is 0 Å². The van der Waals surface area contributed by atoms with Gasteiger partial charge < -0.3 is 5.32 Å². The zero-order valence-corrected chi connectivity index (χ0v) is 15.1. The molecule has 21 heavy (non-hydrogen) atoms. The molecule has 1 fully saturated rings. The lowest BCUT2D eigenvalue weighted by Crippen LogP contribution is -2.31. The molecule has 120 valence electrons. The van der Waals surface area contributed by atoms with Gasteiger partial charge in [-0.25, -0.2) is 12.7 Å². The van der Waals surface area contributed by atoms with Gasteiger partial charge in [-0.1, -0.05) is 20.8 Å². The van der Waals surface area contributed by atoms with Crippen molar-refractivity contribution < 1.29 is 8.42 Å². The van der Waals surface area contributed by atoms with Gasteiger partial charge in [0.05, 0.1) is 0 Å². The van der Waals surface area contributed by atoms with Crippen molar-refractivity contribution in [1.82, 2.24) is 9.62 Å². The average Bonchev–Trinajstić information content (AvgIpc) is 2.93. The summed E-state index contributed by atoms with van der Waals surface area (Å²) in [5.41, 5.74) is 0.858. The largest absolute Gasteiger partial charge is 0.310 e. The molecule has 0 radical (unpaired) electrons. The molecule has 0 spiro atoms. The van der Waals surface area contributed by atoms with Gasteiger partial charge in [-0.3, -0.25) is 0 Å². The minimum atomic E-state index is -3.38. The van der Waals surface area contributed by atoms with Crippen molar-refractivity contribution >= 4 is 21.4 Å². The summed E-state index contributed by atoms with van der Waals surface area (Å²) in [5.74, 6) is 1.19. The number of aryl methyl sites for hydroxylation is 1. The van der Waals surface area contributed by atoms with Gasteiger partial charge in [0.25, 0.3) is 0 Å². The molecule has 1 aliphatic rings. The van der Waals surface area contributed by atoms with Crippen LogP contribution in [0.5, 0.6) is 0 Å². The van der Waals surface area contributed by atoms with Crippen molar-refractivity contribution in [3.05, 3.63) is 15.8 Å². The zero-order valence-electron chi connectivity index (χ0n) is 13.5. The van der Waals surface area contributed by atoms with E-state index < -0.39 is 10.0 Å². The Morgan fingerprint density at radius 1 is 1.48 bits per heavy atom. The number of hydrogen-bond donors (Lipinski definition) is 1. The third-order valence-electron chi connectivity index (χ3n) is 4.10. The van der Waals surface area contributed by atoms with E-state index >= 15 is 0 Å². The molecule has 4 nitrogen and oxygen atoms in total. The molecule has 0 amide bonds. The Hall–Kier alpha value is -0.430. The van der Waals surface area contributed by atoms with Crippen molar-refractivity contribution in [2.75, 3.05) is 13.6 Å². The summed E-state index contributed by atoms with van der Waals surface area (Å²) in [6.07, 6.45) is 1.14. The summed E-state index contributed by atoms with van der Waals surface area (Å²) in [6.45, 7) is 9.44. The minimum Gasteiger partial charge on any atom is -0.310 e. The van der Waals surface area contributed by atoms with Crippen LogP contribution in [0.3, 0.4) is 0 Å². The first kappa shape index (κ1) is 16.9. The van der Waals surface area contributed by atoms with Crippen molar-refractivity contribution in [2.24, 2.45) is 11.8 Å². The van der Waals surface area contributed by atoms with Gasteiger partial charge in [0, 0.05) is 31.1 Å². The lowest BCUT2D eigenvalue weighted by Gasteiger charge is -2.19. The van der Waals surface area contributed by atoms with Crippen LogP contribution in [0, 0.1) is 18.8 Å². The Bertz CT molecular complexity index is 593. The van der Waals surface area contributed by atoms with Gasteiger partial charge in [-0.05, 0) is 36.1 Å². The second-order valence-electron chi connectivity index (χ2n) is 6.47. The zero-order chi connectivity index (χ0) is 15.8. The molecule has 1 heterocycles. The minimum absolute atomic E-state index is 0.341. The highest BCUT2D eigenvalue weighted by Crippen LogP contribution is 2.39. The van der Waals surface area contributed by atoms with E-state index in [2.05, 4.69) is 26.1 Å². The molecule has 1 N–H and O–H groups in total. The van der Waals surface area contributed by atoms with E-state index in [0.29, 0.717) is 35.9 Å². The first-order valence-electron chi connectivity index (χ1n) is 7.50. The van der Waals surface area contributed by atoms with E-state index in [1.807, 2.05) is 12.3 Å². The number of nitrogens with one attached hydrogen (secondary N) is 1. The topological polar surface area (TPSA) is 49.4 Å². The number of rotatable bonds is 7. The van der Waals surface area contributed by atoms with Crippen LogP contribution in [0.1, 0.15) is 37.6 Å². The molecule has 2 unspecified atom stereocenters. The highest BCUT2D eigenvalue weighted by atomic mass is 32.2. The molecular weight excluding hydrogens is 304 g/mol. The maximum atomic E-state index is 12.9. The maximum Gasteiger partial charge on any atom is 0.244 e. The van der Waals surface area contributed by atoms with Gasteiger partial charge in [0.2, 0.25) is 10.0 Å². The van der Waals surface area contributed by atoms with E-state index in [9.17, 15) is 8.42 Å². The van der Waals surface area contributed by atoms with Crippen LogP contribution in [0.25, 0.3) is 0 Å². The predicted octanol–water partition coefficient (Wildman–Crippen LogP) is 2.83. The van der Waals surface area contributed by atoms with Crippen molar-refractivity contribution in [3.8, 4) is 0 Å². The molecule has 1 aromatic rings. The molecule has 1 aromatic heterocycles. The van der Waals surface area contributed by atoms with E-state index in [0.717, 1.165) is 16.9 Å². The monoisotopic (exact) mass is 330 g/mol. The van der Waals surface area contributed by atoms with Crippen LogP contribution in [-0.2, 0) is 16.6 Å². The van der Waals surface area contributed by atoms with Crippen LogP contribution >= 0.6 is 11.3 Å². The van der Waals surface area contributed by atoms with Crippen molar-refractivity contribution in [1.29, 1.82) is 0 Å². The smallest absolute Gasteiger partial charge is 0.244 e. The summed E-state index contributed by atoms with van der Waals surface area (Å²) in [7, 11) is -1.67. The van der Waals surface area contributed by atoms with E-state index in [-0.39, 0.29) is 0 Å². The molecule has 6 heteroatoms. The average molecular weight is 331 g/mol. The highest BCUT2D eigenvalue weighted by Gasteiger charge is 2.37. The summed E-state index contributed by atoms with van der Waals surface area (Å²) in [5, 5.41) is 5.26. The molecular formula is C15H26N2O2S2. The normalized spacial score (nSPS) is 22.2. The highest BCUT2D eigenvalue weighted by molar-refractivity contribution is 7.89. The molecule has 0 aromatic carbocycles. The first-order valence-corrected chi connectivity index (χ1v) is 9.82. The number of nitrogens with zero attached hydrogens (tertiary/aromatic N) is 1. The van der Waals surface area contributed by atoms with Crippen LogP contribution < -0.4 is 5.32 Å². The lowest BCUT2D eigenvalue weighted by atomic mass is 10.3. The Labute approximate surface area is 132 Å². The van der Waals surface area contributed by atoms with E-state index in [1.54, 1.807) is 7.05 Å². The molecule has 0 aliphatic heterocycles. The van der Waals surface area contributed by atoms with Gasteiger partial charge in [-0.15, -0.1) is 11.3 Å². The molecule has 0 bridgehead atoms. The third kappa shape index (κ3) is 3.86. The molecule has 2 rings (SSSR count). The summed E-state index contributed by atoms with van der Waals surface area (Å²) in [4.78, 5) is 1.42. The summed E-state index contributed by atoms with van der Waals surface area (Å²) in [6, 6.07) is 0.341. The predicted molar refractivity (Wildman–Crippen MR) is 88.1 cm³/mol. The number of sulfonamides is 1. The Kier molecular flexibility index (Phi) is 5.13. The Morgan fingerprint density at radius 2 is 2.10 bits per heavy atom. The van der Waals surface area contributed by atoms with Crippen molar-refractivity contribution in [3.63, 3.8) is 0 Å². The lowest BCUT2D eigenvalue weighted by molar-refractivity contribution is 0.443. The maximum absolute atomic E-state index is 12.9. The fraction of sp³-hybridized carbons (Fsp3) is 0.733. The molecule has 1 saturated carbocycles. The van der Waals surface area contributed by atoms with E-state index in [4.69, 9.17) is 0 Å².